The van der Waals surface area contributed by atoms with Crippen molar-refractivity contribution in [2.75, 3.05) is 7.11 Å². The van der Waals surface area contributed by atoms with Crippen LogP contribution in [0.1, 0.15) is 33.1 Å². The van der Waals surface area contributed by atoms with Crippen molar-refractivity contribution in [3.8, 4) is 0 Å². The summed E-state index contributed by atoms with van der Waals surface area (Å²) >= 11 is 0. The van der Waals surface area contributed by atoms with Crippen molar-refractivity contribution in [1.82, 2.24) is 5.32 Å². The van der Waals surface area contributed by atoms with E-state index in [4.69, 9.17) is 0 Å². The summed E-state index contributed by atoms with van der Waals surface area (Å²) < 4.78 is 31.8. The summed E-state index contributed by atoms with van der Waals surface area (Å²) in [4.78, 5) is 24.1. The first-order chi connectivity index (χ1) is 10.8. The number of amides is 1. The minimum atomic E-state index is -3.04. The molecule has 0 saturated heterocycles. The maximum absolute atomic E-state index is 13.6. The Hall–Kier alpha value is -1.98. The minimum Gasteiger partial charge on any atom is -0.469 e. The first kappa shape index (κ1) is 19.1. The molecule has 0 radical (unpaired) electrons. The van der Waals surface area contributed by atoms with Gasteiger partial charge in [-0.1, -0.05) is 25.7 Å². The summed E-state index contributed by atoms with van der Waals surface area (Å²) in [6.45, 7) is 7.33. The summed E-state index contributed by atoms with van der Waals surface area (Å²) in [5, 5.41) is 2.63. The predicted octanol–water partition coefficient (Wildman–Crippen LogP) is 3.36. The van der Waals surface area contributed by atoms with Crippen LogP contribution in [0, 0.1) is 11.8 Å². The maximum Gasteiger partial charge on any atom is 0.309 e. The van der Waals surface area contributed by atoms with E-state index in [-0.39, 0.29) is 0 Å². The van der Waals surface area contributed by atoms with Gasteiger partial charge in [0.1, 0.15) is 0 Å². The third-order valence-corrected chi connectivity index (χ3v) is 3.84. The molecular formula is C17H23F2NO3. The number of allylic oxidation sites excluding steroid dienone is 4. The van der Waals surface area contributed by atoms with E-state index in [1.54, 1.807) is 13.0 Å². The lowest BCUT2D eigenvalue weighted by Crippen LogP contribution is -2.35. The fourth-order valence-corrected chi connectivity index (χ4v) is 2.72. The Bertz CT molecular complexity index is 538. The molecule has 6 heteroatoms. The van der Waals surface area contributed by atoms with Crippen LogP contribution in [0.3, 0.4) is 0 Å². The summed E-state index contributed by atoms with van der Waals surface area (Å²) in [6.07, 6.45) is 4.45. The zero-order valence-corrected chi connectivity index (χ0v) is 13.7. The smallest absolute Gasteiger partial charge is 0.309 e. The lowest BCUT2D eigenvalue weighted by molar-refractivity contribution is -0.149. The number of methoxy groups -OCH3 is 1. The molecule has 0 heterocycles. The first-order valence-corrected chi connectivity index (χ1v) is 7.52. The Balaban J connectivity index is 2.97. The number of alkyl halides is 2. The average molecular weight is 327 g/mol. The van der Waals surface area contributed by atoms with Crippen molar-refractivity contribution in [3.05, 3.63) is 36.1 Å². The van der Waals surface area contributed by atoms with E-state index < -0.39 is 42.5 Å². The number of carbonyl (C=O) groups is 2. The highest BCUT2D eigenvalue weighted by Gasteiger charge is 2.52. The topological polar surface area (TPSA) is 55.4 Å². The van der Waals surface area contributed by atoms with Crippen LogP contribution in [0.25, 0.3) is 0 Å². The zero-order chi connectivity index (χ0) is 17.6. The summed E-state index contributed by atoms with van der Waals surface area (Å²) in [6, 6.07) is 0. The van der Waals surface area contributed by atoms with Crippen LogP contribution < -0.4 is 5.32 Å². The minimum absolute atomic E-state index is 0.491. The van der Waals surface area contributed by atoms with Crippen LogP contribution in [-0.2, 0) is 14.3 Å². The Morgan fingerprint density at radius 1 is 1.35 bits per heavy atom. The van der Waals surface area contributed by atoms with Crippen molar-refractivity contribution >= 4 is 11.9 Å². The van der Waals surface area contributed by atoms with E-state index in [1.165, 1.54) is 6.08 Å². The van der Waals surface area contributed by atoms with E-state index in [1.807, 2.05) is 13.0 Å². The molecule has 1 fully saturated rings. The number of ether oxygens (including phenoxy) is 1. The van der Waals surface area contributed by atoms with E-state index >= 15 is 0 Å². The number of rotatable bonds is 6. The number of nitrogens with one attached hydrogen (secondary N) is 1. The molecule has 1 aliphatic carbocycles. The molecule has 128 valence electrons. The summed E-state index contributed by atoms with van der Waals surface area (Å²) in [5.41, 5.74) is 1.30. The van der Waals surface area contributed by atoms with Gasteiger partial charge in [-0.2, -0.15) is 0 Å². The monoisotopic (exact) mass is 327 g/mol. The predicted molar refractivity (Wildman–Crippen MR) is 83.6 cm³/mol. The van der Waals surface area contributed by atoms with Crippen LogP contribution in [0.15, 0.2) is 36.1 Å². The largest absolute Gasteiger partial charge is 0.469 e. The molecule has 4 nitrogen and oxygen atoms in total. The second-order valence-corrected chi connectivity index (χ2v) is 5.60. The molecular weight excluding hydrogens is 304 g/mol. The molecule has 0 aromatic carbocycles. The van der Waals surface area contributed by atoms with Crippen molar-refractivity contribution < 1.29 is 23.1 Å². The normalized spacial score (nSPS) is 24.2. The van der Waals surface area contributed by atoms with Gasteiger partial charge in [-0.05, 0) is 25.0 Å². The Kier molecular flexibility index (Phi) is 6.66. The highest BCUT2D eigenvalue weighted by Crippen LogP contribution is 2.43. The lowest BCUT2D eigenvalue weighted by Gasteiger charge is -2.18. The van der Waals surface area contributed by atoms with Crippen LogP contribution in [0.5, 0.6) is 0 Å². The summed E-state index contributed by atoms with van der Waals surface area (Å²) in [7, 11) is 1.13. The van der Waals surface area contributed by atoms with Gasteiger partial charge in [0.15, 0.2) is 0 Å². The standard InChI is InChI=1S/C17H23F2NO3/c1-5-7-11(3)14(8-6-2)20-15(21)12-9-17(18,19)10-13(12)16(22)23-4/h6-8,12-13H,2,5,9-10H2,1,3-4H3,(H,20,21)/b11-7-,14-8+/t12-,13-/m0/s1. The summed E-state index contributed by atoms with van der Waals surface area (Å²) in [5.74, 6) is -6.67. The van der Waals surface area contributed by atoms with Gasteiger partial charge in [-0.15, -0.1) is 0 Å². The van der Waals surface area contributed by atoms with E-state index in [2.05, 4.69) is 16.6 Å². The number of halogens is 2. The fraction of sp³-hybridized carbons (Fsp3) is 0.529. The molecule has 0 bridgehead atoms. The molecule has 0 unspecified atom stereocenters. The Morgan fingerprint density at radius 2 is 1.96 bits per heavy atom. The van der Waals surface area contributed by atoms with Gasteiger partial charge < -0.3 is 10.1 Å². The number of hydrogen-bond donors (Lipinski definition) is 1. The number of hydrogen-bond acceptors (Lipinski definition) is 3. The third kappa shape index (κ3) is 5.01. The second-order valence-electron chi connectivity index (χ2n) is 5.60. The molecule has 0 aromatic rings. The first-order valence-electron chi connectivity index (χ1n) is 7.52. The quantitative estimate of drug-likeness (QED) is 0.601. The van der Waals surface area contributed by atoms with Gasteiger partial charge in [0, 0.05) is 18.5 Å². The van der Waals surface area contributed by atoms with Crippen molar-refractivity contribution in [2.45, 2.75) is 39.0 Å². The SMILES string of the molecule is C=C/C=C(NC(=O)[C@H]1CC(F)(F)C[C@@H]1C(=O)OC)\C(C)=C/CC. The van der Waals surface area contributed by atoms with Crippen LogP contribution in [0.4, 0.5) is 8.78 Å². The molecule has 1 aliphatic rings. The third-order valence-electron chi connectivity index (χ3n) is 3.84. The molecule has 0 aromatic heterocycles. The van der Waals surface area contributed by atoms with Crippen LogP contribution >= 0.6 is 0 Å². The Morgan fingerprint density at radius 3 is 2.48 bits per heavy atom. The Labute approximate surface area is 135 Å². The van der Waals surface area contributed by atoms with Crippen LogP contribution in [-0.4, -0.2) is 24.9 Å². The lowest BCUT2D eigenvalue weighted by atomic mass is 9.95. The molecule has 0 aliphatic heterocycles. The van der Waals surface area contributed by atoms with Gasteiger partial charge in [0.25, 0.3) is 0 Å². The zero-order valence-electron chi connectivity index (χ0n) is 13.7. The molecule has 2 atom stereocenters. The molecule has 0 spiro atoms. The van der Waals surface area contributed by atoms with E-state index in [0.29, 0.717) is 5.70 Å². The molecule has 1 rings (SSSR count). The van der Waals surface area contributed by atoms with E-state index in [9.17, 15) is 18.4 Å². The molecule has 23 heavy (non-hydrogen) atoms. The van der Waals surface area contributed by atoms with Crippen molar-refractivity contribution in [2.24, 2.45) is 11.8 Å². The molecule has 1 amide bonds. The number of carbonyl (C=O) groups excluding carboxylic acids is 2. The van der Waals surface area contributed by atoms with Crippen molar-refractivity contribution in [3.63, 3.8) is 0 Å². The van der Waals surface area contributed by atoms with Crippen molar-refractivity contribution in [1.29, 1.82) is 0 Å². The fourth-order valence-electron chi connectivity index (χ4n) is 2.72. The van der Waals surface area contributed by atoms with Gasteiger partial charge in [0.2, 0.25) is 11.8 Å². The second kappa shape index (κ2) is 8.04. The number of esters is 1. The van der Waals surface area contributed by atoms with Gasteiger partial charge in [-0.25, -0.2) is 8.78 Å². The van der Waals surface area contributed by atoms with E-state index in [0.717, 1.165) is 19.1 Å². The molecule has 1 saturated carbocycles. The van der Waals surface area contributed by atoms with Gasteiger partial charge >= 0.3 is 5.97 Å². The average Bonchev–Trinajstić information content (AvgIpc) is 2.82. The molecule has 1 N–H and O–H groups in total. The highest BCUT2D eigenvalue weighted by atomic mass is 19.3. The maximum atomic E-state index is 13.6. The van der Waals surface area contributed by atoms with Crippen LogP contribution in [0.2, 0.25) is 0 Å². The highest BCUT2D eigenvalue weighted by molar-refractivity contribution is 5.87. The van der Waals surface area contributed by atoms with Gasteiger partial charge in [-0.3, -0.25) is 9.59 Å². The van der Waals surface area contributed by atoms with Gasteiger partial charge in [0.05, 0.1) is 18.9 Å².